The number of carboxylic acid groups (broad SMARTS) is 1. The molecule has 1 heterocycles. The number of hydrogen-bond donors (Lipinski definition) is 2. The highest BCUT2D eigenvalue weighted by Crippen LogP contribution is 1.99. The predicted molar refractivity (Wildman–Crippen MR) is 61.7 cm³/mol. The Hall–Kier alpha value is -1.14. The van der Waals surface area contributed by atoms with Crippen molar-refractivity contribution in [2.24, 2.45) is 0 Å². The molecule has 0 aromatic carbocycles. The first-order chi connectivity index (χ1) is 8.13. The van der Waals surface area contributed by atoms with Gasteiger partial charge >= 0.3 is 5.97 Å². The lowest BCUT2D eigenvalue weighted by Gasteiger charge is -2.26. The van der Waals surface area contributed by atoms with Crippen molar-refractivity contribution in [1.29, 1.82) is 0 Å². The zero-order valence-corrected chi connectivity index (χ0v) is 10.1. The Balaban J connectivity index is 2.21. The Morgan fingerprint density at radius 1 is 1.41 bits per heavy atom. The molecule has 1 saturated heterocycles. The molecule has 0 aromatic heterocycles. The Labute approximate surface area is 101 Å². The SMILES string of the molecule is CCC(NC(=O)CCN1CCOCC1)C(=O)O. The second-order valence-corrected chi connectivity index (χ2v) is 4.07. The van der Waals surface area contributed by atoms with Crippen LogP contribution in [0.15, 0.2) is 0 Å². The van der Waals surface area contributed by atoms with Crippen LogP contribution in [0.4, 0.5) is 0 Å². The lowest BCUT2D eigenvalue weighted by molar-refractivity contribution is -0.142. The number of hydrogen-bond acceptors (Lipinski definition) is 4. The molecule has 1 amide bonds. The molecule has 1 aliphatic rings. The van der Waals surface area contributed by atoms with Gasteiger partial charge in [0.15, 0.2) is 0 Å². The maximum atomic E-state index is 11.5. The van der Waals surface area contributed by atoms with Gasteiger partial charge in [-0.15, -0.1) is 0 Å². The molecular formula is C11H20N2O4. The van der Waals surface area contributed by atoms with E-state index in [0.29, 0.717) is 32.6 Å². The number of ether oxygens (including phenoxy) is 1. The molecule has 6 nitrogen and oxygen atoms in total. The largest absolute Gasteiger partial charge is 0.480 e. The quantitative estimate of drug-likeness (QED) is 0.670. The number of aliphatic carboxylic acids is 1. The summed E-state index contributed by atoms with van der Waals surface area (Å²) in [7, 11) is 0. The maximum Gasteiger partial charge on any atom is 0.326 e. The van der Waals surface area contributed by atoms with E-state index in [0.717, 1.165) is 13.1 Å². The molecule has 0 bridgehead atoms. The molecule has 17 heavy (non-hydrogen) atoms. The van der Waals surface area contributed by atoms with E-state index in [1.165, 1.54) is 0 Å². The molecule has 0 radical (unpaired) electrons. The number of carbonyl (C=O) groups excluding carboxylic acids is 1. The first-order valence-electron chi connectivity index (χ1n) is 5.95. The first-order valence-corrected chi connectivity index (χ1v) is 5.95. The molecule has 98 valence electrons. The van der Waals surface area contributed by atoms with Gasteiger partial charge in [-0.25, -0.2) is 4.79 Å². The van der Waals surface area contributed by atoms with E-state index in [-0.39, 0.29) is 5.91 Å². The van der Waals surface area contributed by atoms with Gasteiger partial charge in [-0.2, -0.15) is 0 Å². The van der Waals surface area contributed by atoms with E-state index in [2.05, 4.69) is 10.2 Å². The standard InChI is InChI=1S/C11H20N2O4/c1-2-9(11(15)16)12-10(14)3-4-13-5-7-17-8-6-13/h9H,2-8H2,1H3,(H,12,14)(H,15,16). The monoisotopic (exact) mass is 244 g/mol. The highest BCUT2D eigenvalue weighted by atomic mass is 16.5. The number of carboxylic acids is 1. The summed E-state index contributed by atoms with van der Waals surface area (Å²) in [5.41, 5.74) is 0. The Morgan fingerprint density at radius 2 is 2.06 bits per heavy atom. The van der Waals surface area contributed by atoms with Crippen molar-refractivity contribution in [3.8, 4) is 0 Å². The van der Waals surface area contributed by atoms with E-state index in [4.69, 9.17) is 9.84 Å². The second kappa shape index (κ2) is 7.24. The second-order valence-electron chi connectivity index (χ2n) is 4.07. The van der Waals surface area contributed by atoms with Gasteiger partial charge in [0.1, 0.15) is 6.04 Å². The fourth-order valence-electron chi connectivity index (χ4n) is 1.69. The van der Waals surface area contributed by atoms with Gasteiger partial charge in [0, 0.05) is 26.1 Å². The van der Waals surface area contributed by atoms with Crippen LogP contribution in [0.5, 0.6) is 0 Å². The molecule has 0 aliphatic carbocycles. The highest BCUT2D eigenvalue weighted by molar-refractivity contribution is 5.83. The summed E-state index contributed by atoms with van der Waals surface area (Å²) in [6, 6.07) is -0.771. The average Bonchev–Trinajstić information content (AvgIpc) is 2.34. The minimum Gasteiger partial charge on any atom is -0.480 e. The van der Waals surface area contributed by atoms with Crippen molar-refractivity contribution in [3.05, 3.63) is 0 Å². The van der Waals surface area contributed by atoms with E-state index in [9.17, 15) is 9.59 Å². The summed E-state index contributed by atoms with van der Waals surface area (Å²) in [4.78, 5) is 24.4. The third-order valence-electron chi connectivity index (χ3n) is 2.80. The van der Waals surface area contributed by atoms with Crippen molar-refractivity contribution >= 4 is 11.9 Å². The Morgan fingerprint density at radius 3 is 2.59 bits per heavy atom. The fraction of sp³-hybridized carbons (Fsp3) is 0.818. The van der Waals surface area contributed by atoms with Crippen molar-refractivity contribution < 1.29 is 19.4 Å². The molecule has 1 atom stereocenters. The number of carbonyl (C=O) groups is 2. The molecular weight excluding hydrogens is 224 g/mol. The molecule has 1 aliphatic heterocycles. The number of rotatable bonds is 6. The molecule has 0 aromatic rings. The number of nitrogens with zero attached hydrogens (tertiary/aromatic N) is 1. The normalized spacial score (nSPS) is 18.6. The summed E-state index contributed by atoms with van der Waals surface area (Å²) >= 11 is 0. The average molecular weight is 244 g/mol. The zero-order chi connectivity index (χ0) is 12.7. The predicted octanol–water partition coefficient (Wildman–Crippen LogP) is -0.312. The molecule has 6 heteroatoms. The van der Waals surface area contributed by atoms with Crippen molar-refractivity contribution in [2.45, 2.75) is 25.8 Å². The van der Waals surface area contributed by atoms with E-state index in [1.54, 1.807) is 6.92 Å². The lowest BCUT2D eigenvalue weighted by atomic mass is 10.2. The van der Waals surface area contributed by atoms with Crippen LogP contribution in [0.2, 0.25) is 0 Å². The van der Waals surface area contributed by atoms with Crippen molar-refractivity contribution in [3.63, 3.8) is 0 Å². The minimum atomic E-state index is -0.979. The van der Waals surface area contributed by atoms with Crippen molar-refractivity contribution in [1.82, 2.24) is 10.2 Å². The molecule has 0 saturated carbocycles. The smallest absolute Gasteiger partial charge is 0.326 e. The zero-order valence-electron chi connectivity index (χ0n) is 10.1. The van der Waals surface area contributed by atoms with Crippen molar-refractivity contribution in [2.75, 3.05) is 32.8 Å². The van der Waals surface area contributed by atoms with Crippen LogP contribution in [-0.2, 0) is 14.3 Å². The Kier molecular flexibility index (Phi) is 5.93. The summed E-state index contributed by atoms with van der Waals surface area (Å²) in [5, 5.41) is 11.3. The van der Waals surface area contributed by atoms with Gasteiger partial charge in [0.05, 0.1) is 13.2 Å². The van der Waals surface area contributed by atoms with E-state index in [1.807, 2.05) is 0 Å². The third kappa shape index (κ3) is 5.14. The molecule has 1 rings (SSSR count). The van der Waals surface area contributed by atoms with E-state index >= 15 is 0 Å². The van der Waals surface area contributed by atoms with Crippen LogP contribution in [-0.4, -0.2) is 60.8 Å². The Bertz CT molecular complexity index is 264. The van der Waals surface area contributed by atoms with Crippen LogP contribution in [0.3, 0.4) is 0 Å². The number of morpholine rings is 1. The van der Waals surface area contributed by atoms with E-state index < -0.39 is 12.0 Å². The summed E-state index contributed by atoms with van der Waals surface area (Å²) in [6.07, 6.45) is 0.738. The summed E-state index contributed by atoms with van der Waals surface area (Å²) < 4.78 is 5.20. The number of amides is 1. The summed E-state index contributed by atoms with van der Waals surface area (Å²) in [5.74, 6) is -1.18. The maximum absolute atomic E-state index is 11.5. The van der Waals surface area contributed by atoms with Crippen LogP contribution in [0.25, 0.3) is 0 Å². The van der Waals surface area contributed by atoms with Gasteiger partial charge in [-0.05, 0) is 6.42 Å². The van der Waals surface area contributed by atoms with Gasteiger partial charge in [-0.1, -0.05) is 6.92 Å². The van der Waals surface area contributed by atoms with Gasteiger partial charge in [0.25, 0.3) is 0 Å². The van der Waals surface area contributed by atoms with Gasteiger partial charge in [-0.3, -0.25) is 9.69 Å². The van der Waals surface area contributed by atoms with Crippen LogP contribution in [0, 0.1) is 0 Å². The van der Waals surface area contributed by atoms with Crippen LogP contribution in [0.1, 0.15) is 19.8 Å². The lowest BCUT2D eigenvalue weighted by Crippen LogP contribution is -2.43. The summed E-state index contributed by atoms with van der Waals surface area (Å²) in [6.45, 7) is 5.47. The topological polar surface area (TPSA) is 78.9 Å². The minimum absolute atomic E-state index is 0.203. The molecule has 0 spiro atoms. The highest BCUT2D eigenvalue weighted by Gasteiger charge is 2.18. The first kappa shape index (κ1) is 13.9. The van der Waals surface area contributed by atoms with Gasteiger partial charge in [0.2, 0.25) is 5.91 Å². The van der Waals surface area contributed by atoms with Crippen LogP contribution >= 0.6 is 0 Å². The molecule has 1 fully saturated rings. The number of nitrogens with one attached hydrogen (secondary N) is 1. The fourth-order valence-corrected chi connectivity index (χ4v) is 1.69. The van der Waals surface area contributed by atoms with Gasteiger partial charge < -0.3 is 15.2 Å². The van der Waals surface area contributed by atoms with Crippen LogP contribution < -0.4 is 5.32 Å². The molecule has 2 N–H and O–H groups in total. The molecule has 1 unspecified atom stereocenters. The third-order valence-corrected chi connectivity index (χ3v) is 2.80.